The predicted molar refractivity (Wildman–Crippen MR) is 115 cm³/mol. The van der Waals surface area contributed by atoms with E-state index in [2.05, 4.69) is 20.5 Å². The van der Waals surface area contributed by atoms with Crippen molar-refractivity contribution in [2.45, 2.75) is 6.42 Å². The number of sulfone groups is 1. The molecule has 0 atom stereocenters. The molecule has 0 spiro atoms. The van der Waals surface area contributed by atoms with Crippen LogP contribution in [0.15, 0.2) is 29.3 Å². The van der Waals surface area contributed by atoms with Gasteiger partial charge >= 0.3 is 0 Å². The first-order chi connectivity index (χ1) is 11.5. The fourth-order valence-electron chi connectivity index (χ4n) is 2.54. The zero-order valence-electron chi connectivity index (χ0n) is 14.4. The number of hydrogen-bond acceptors (Lipinski definition) is 4. The standard InChI is InChI=1S/C16H25ClN4O2S.HI/c1-18-16(19-7-6-14-4-2-3-5-15(14)17)20-8-9-21-10-12-24(22,23)13-11-21;/h2-5H,6-13H2,1H3,(H2,18,19,20);1H. The van der Waals surface area contributed by atoms with Gasteiger partial charge in [-0.3, -0.25) is 9.89 Å². The third-order valence-electron chi connectivity index (χ3n) is 4.03. The van der Waals surface area contributed by atoms with Gasteiger partial charge in [0.15, 0.2) is 15.8 Å². The zero-order valence-corrected chi connectivity index (χ0v) is 18.3. The first kappa shape index (κ1) is 22.5. The monoisotopic (exact) mass is 500 g/mol. The Morgan fingerprint density at radius 3 is 2.48 bits per heavy atom. The van der Waals surface area contributed by atoms with E-state index < -0.39 is 9.84 Å². The average Bonchev–Trinajstić information content (AvgIpc) is 2.56. The van der Waals surface area contributed by atoms with Crippen LogP contribution in [0.5, 0.6) is 0 Å². The molecule has 2 N–H and O–H groups in total. The lowest BCUT2D eigenvalue weighted by Gasteiger charge is -2.26. The molecule has 0 aromatic heterocycles. The molecule has 1 aliphatic heterocycles. The van der Waals surface area contributed by atoms with Crippen molar-refractivity contribution in [3.05, 3.63) is 34.9 Å². The van der Waals surface area contributed by atoms with Gasteiger partial charge in [0.05, 0.1) is 11.5 Å². The molecule has 1 heterocycles. The number of hydrogen-bond donors (Lipinski definition) is 2. The Bertz CT molecular complexity index is 656. The summed E-state index contributed by atoms with van der Waals surface area (Å²) in [6, 6.07) is 7.81. The maximum Gasteiger partial charge on any atom is 0.191 e. The molecule has 1 aliphatic rings. The fourth-order valence-corrected chi connectivity index (χ4v) is 4.05. The first-order valence-electron chi connectivity index (χ1n) is 8.11. The number of nitrogens with one attached hydrogen (secondary N) is 2. The normalized spacial score (nSPS) is 17.6. The summed E-state index contributed by atoms with van der Waals surface area (Å²) in [6.07, 6.45) is 0.824. The number of rotatable bonds is 6. The van der Waals surface area contributed by atoms with Gasteiger partial charge in [-0.15, -0.1) is 24.0 Å². The number of nitrogens with zero attached hydrogens (tertiary/aromatic N) is 2. The molecule has 0 aliphatic carbocycles. The highest BCUT2D eigenvalue weighted by Gasteiger charge is 2.20. The molecule has 0 bridgehead atoms. The second-order valence-electron chi connectivity index (χ2n) is 5.76. The van der Waals surface area contributed by atoms with E-state index >= 15 is 0 Å². The minimum atomic E-state index is -2.81. The summed E-state index contributed by atoms with van der Waals surface area (Å²) < 4.78 is 22.8. The van der Waals surface area contributed by atoms with Crippen molar-refractivity contribution in [1.82, 2.24) is 15.5 Å². The van der Waals surface area contributed by atoms with Gasteiger partial charge in [0.2, 0.25) is 0 Å². The highest BCUT2D eigenvalue weighted by molar-refractivity contribution is 14.0. The van der Waals surface area contributed by atoms with Crippen LogP contribution in [0, 0.1) is 0 Å². The Hall–Kier alpha value is -0.580. The molecule has 1 aromatic rings. The summed E-state index contributed by atoms with van der Waals surface area (Å²) in [5.74, 6) is 1.27. The third-order valence-corrected chi connectivity index (χ3v) is 6.00. The SMILES string of the molecule is CN=C(NCCc1ccccc1Cl)NCCN1CCS(=O)(=O)CC1.I. The van der Waals surface area contributed by atoms with Gasteiger partial charge in [0.1, 0.15) is 0 Å². The van der Waals surface area contributed by atoms with Gasteiger partial charge in [-0.05, 0) is 18.1 Å². The summed E-state index contributed by atoms with van der Waals surface area (Å²) in [6.45, 7) is 3.50. The number of halogens is 2. The van der Waals surface area contributed by atoms with Crippen molar-refractivity contribution in [2.75, 3.05) is 51.3 Å². The summed E-state index contributed by atoms with van der Waals surface area (Å²) >= 11 is 6.14. The van der Waals surface area contributed by atoms with Crippen LogP contribution in [0.25, 0.3) is 0 Å². The predicted octanol–water partition coefficient (Wildman–Crippen LogP) is 1.40. The quantitative estimate of drug-likeness (QED) is 0.351. The lowest BCUT2D eigenvalue weighted by molar-refractivity contribution is 0.299. The van der Waals surface area contributed by atoms with Crippen LogP contribution >= 0.6 is 35.6 Å². The highest BCUT2D eigenvalue weighted by Crippen LogP contribution is 2.14. The van der Waals surface area contributed by atoms with Crippen LogP contribution in [-0.2, 0) is 16.3 Å². The van der Waals surface area contributed by atoms with E-state index in [1.807, 2.05) is 24.3 Å². The second-order valence-corrected chi connectivity index (χ2v) is 8.47. The van der Waals surface area contributed by atoms with Gasteiger partial charge < -0.3 is 10.6 Å². The molecule has 0 unspecified atom stereocenters. The maximum atomic E-state index is 11.4. The maximum absolute atomic E-state index is 11.4. The molecule has 1 aromatic carbocycles. The molecule has 2 rings (SSSR count). The van der Waals surface area contributed by atoms with Crippen LogP contribution in [0.3, 0.4) is 0 Å². The second kappa shape index (κ2) is 11.2. The first-order valence-corrected chi connectivity index (χ1v) is 10.3. The number of benzene rings is 1. The Labute approximate surface area is 172 Å². The topological polar surface area (TPSA) is 73.8 Å². The summed E-state index contributed by atoms with van der Waals surface area (Å²) in [5.41, 5.74) is 1.11. The van der Waals surface area contributed by atoms with E-state index in [1.165, 1.54) is 0 Å². The molecule has 1 saturated heterocycles. The smallest absolute Gasteiger partial charge is 0.191 e. The van der Waals surface area contributed by atoms with Crippen molar-refractivity contribution < 1.29 is 8.42 Å². The van der Waals surface area contributed by atoms with E-state index in [0.29, 0.717) is 13.1 Å². The number of aliphatic imine (C=N–C) groups is 1. The molecule has 1 fully saturated rings. The van der Waals surface area contributed by atoms with Crippen molar-refractivity contribution >= 4 is 51.4 Å². The van der Waals surface area contributed by atoms with Crippen LogP contribution < -0.4 is 10.6 Å². The van der Waals surface area contributed by atoms with Crippen LogP contribution in [0.2, 0.25) is 5.02 Å². The summed E-state index contributed by atoms with van der Waals surface area (Å²) in [5, 5.41) is 7.29. The summed E-state index contributed by atoms with van der Waals surface area (Å²) in [7, 11) is -1.08. The summed E-state index contributed by atoms with van der Waals surface area (Å²) in [4.78, 5) is 6.35. The Morgan fingerprint density at radius 2 is 1.84 bits per heavy atom. The van der Waals surface area contributed by atoms with Crippen molar-refractivity contribution in [1.29, 1.82) is 0 Å². The van der Waals surface area contributed by atoms with E-state index in [9.17, 15) is 8.42 Å². The third kappa shape index (κ3) is 8.10. The minimum Gasteiger partial charge on any atom is -0.356 e. The Kier molecular flexibility index (Phi) is 10.1. The molecule has 142 valence electrons. The van der Waals surface area contributed by atoms with E-state index in [4.69, 9.17) is 11.6 Å². The molecule has 9 heteroatoms. The molecule has 0 amide bonds. The van der Waals surface area contributed by atoms with Crippen molar-refractivity contribution in [2.24, 2.45) is 4.99 Å². The lowest BCUT2D eigenvalue weighted by atomic mass is 10.1. The van der Waals surface area contributed by atoms with Crippen molar-refractivity contribution in [3.63, 3.8) is 0 Å². The van der Waals surface area contributed by atoms with Gasteiger partial charge in [0.25, 0.3) is 0 Å². The molecular formula is C16H26ClIN4O2S. The van der Waals surface area contributed by atoms with Gasteiger partial charge in [0, 0.05) is 44.8 Å². The van der Waals surface area contributed by atoms with Gasteiger partial charge in [-0.2, -0.15) is 0 Å². The van der Waals surface area contributed by atoms with Crippen LogP contribution in [0.1, 0.15) is 5.56 Å². The minimum absolute atomic E-state index is 0. The van der Waals surface area contributed by atoms with Crippen LogP contribution in [0.4, 0.5) is 0 Å². The fraction of sp³-hybridized carbons (Fsp3) is 0.562. The zero-order chi connectivity index (χ0) is 17.4. The Morgan fingerprint density at radius 1 is 1.20 bits per heavy atom. The molecule has 0 radical (unpaired) electrons. The van der Waals surface area contributed by atoms with Crippen molar-refractivity contribution in [3.8, 4) is 0 Å². The molecule has 6 nitrogen and oxygen atoms in total. The largest absolute Gasteiger partial charge is 0.356 e. The molecule has 0 saturated carbocycles. The molecule has 25 heavy (non-hydrogen) atoms. The Balaban J connectivity index is 0.00000312. The molecular weight excluding hydrogens is 475 g/mol. The average molecular weight is 501 g/mol. The number of guanidine groups is 1. The van der Waals surface area contributed by atoms with E-state index in [1.54, 1.807) is 7.05 Å². The lowest BCUT2D eigenvalue weighted by Crippen LogP contribution is -2.46. The van der Waals surface area contributed by atoms with E-state index in [-0.39, 0.29) is 35.5 Å². The van der Waals surface area contributed by atoms with E-state index in [0.717, 1.165) is 42.6 Å². The van der Waals surface area contributed by atoms with Crippen LogP contribution in [-0.4, -0.2) is 70.6 Å². The highest BCUT2D eigenvalue weighted by atomic mass is 127. The van der Waals surface area contributed by atoms with Gasteiger partial charge in [-0.25, -0.2) is 8.42 Å². The van der Waals surface area contributed by atoms with Gasteiger partial charge in [-0.1, -0.05) is 29.8 Å².